The molecule has 2 unspecified atom stereocenters. The monoisotopic (exact) mass is 232 g/mol. The number of nitrogens with zero attached hydrogens (tertiary/aromatic N) is 1. The van der Waals surface area contributed by atoms with Gasteiger partial charge in [0.2, 0.25) is 0 Å². The Morgan fingerprint density at radius 1 is 1.47 bits per heavy atom. The summed E-state index contributed by atoms with van der Waals surface area (Å²) in [5.41, 5.74) is 4.43. The van der Waals surface area contributed by atoms with Gasteiger partial charge in [-0.25, -0.2) is 0 Å². The lowest BCUT2D eigenvalue weighted by Crippen LogP contribution is -2.23. The van der Waals surface area contributed by atoms with Gasteiger partial charge in [-0.15, -0.1) is 0 Å². The molecule has 1 aliphatic heterocycles. The van der Waals surface area contributed by atoms with Gasteiger partial charge in [-0.3, -0.25) is 0 Å². The second kappa shape index (κ2) is 5.09. The van der Waals surface area contributed by atoms with Gasteiger partial charge in [0.1, 0.15) is 0 Å². The van der Waals surface area contributed by atoms with Crippen LogP contribution in [0.1, 0.15) is 37.8 Å². The molecule has 0 radical (unpaired) electrons. The second-order valence-electron chi connectivity index (χ2n) is 5.23. The molecule has 1 heterocycles. The van der Waals surface area contributed by atoms with Crippen molar-refractivity contribution in [2.75, 3.05) is 25.0 Å². The molecule has 2 heteroatoms. The van der Waals surface area contributed by atoms with Crippen molar-refractivity contribution in [1.82, 2.24) is 5.32 Å². The number of benzene rings is 1. The Morgan fingerprint density at radius 2 is 2.24 bits per heavy atom. The number of likely N-dealkylation sites (N-methyl/N-ethyl adjacent to an activating group) is 2. The molecule has 94 valence electrons. The van der Waals surface area contributed by atoms with E-state index in [1.165, 1.54) is 23.4 Å². The van der Waals surface area contributed by atoms with Crippen molar-refractivity contribution in [2.24, 2.45) is 0 Å². The molecule has 0 aromatic heterocycles. The SMILES string of the molecule is CCN1CC(C)c2cc(CC(C)NC)ccc21. The van der Waals surface area contributed by atoms with Crippen molar-refractivity contribution in [3.8, 4) is 0 Å². The number of hydrogen-bond acceptors (Lipinski definition) is 2. The third-order valence-corrected chi connectivity index (χ3v) is 3.87. The second-order valence-corrected chi connectivity index (χ2v) is 5.23. The average molecular weight is 232 g/mol. The van der Waals surface area contributed by atoms with Crippen LogP contribution in [0.3, 0.4) is 0 Å². The van der Waals surface area contributed by atoms with E-state index in [0.717, 1.165) is 13.0 Å². The standard InChI is InChI=1S/C15H24N2/c1-5-17-10-11(2)14-9-13(6-7-15(14)17)8-12(3)16-4/h6-7,9,11-12,16H,5,8,10H2,1-4H3. The predicted octanol–water partition coefficient (Wildman–Crippen LogP) is 2.78. The molecule has 1 aromatic rings. The van der Waals surface area contributed by atoms with Gasteiger partial charge in [0, 0.05) is 30.7 Å². The predicted molar refractivity (Wildman–Crippen MR) is 75.0 cm³/mol. The van der Waals surface area contributed by atoms with Crippen LogP contribution in [0, 0.1) is 0 Å². The zero-order chi connectivity index (χ0) is 12.4. The first-order valence-electron chi connectivity index (χ1n) is 6.70. The van der Waals surface area contributed by atoms with Crippen LogP contribution < -0.4 is 10.2 Å². The lowest BCUT2D eigenvalue weighted by molar-refractivity contribution is 0.608. The van der Waals surface area contributed by atoms with E-state index in [1.807, 2.05) is 7.05 Å². The molecule has 17 heavy (non-hydrogen) atoms. The van der Waals surface area contributed by atoms with E-state index in [0.29, 0.717) is 12.0 Å². The van der Waals surface area contributed by atoms with E-state index < -0.39 is 0 Å². The van der Waals surface area contributed by atoms with E-state index >= 15 is 0 Å². The highest BCUT2D eigenvalue weighted by Crippen LogP contribution is 2.36. The van der Waals surface area contributed by atoms with Gasteiger partial charge in [0.05, 0.1) is 0 Å². The normalized spacial score (nSPS) is 20.5. The molecule has 2 rings (SSSR count). The largest absolute Gasteiger partial charge is 0.371 e. The highest BCUT2D eigenvalue weighted by Gasteiger charge is 2.24. The highest BCUT2D eigenvalue weighted by atomic mass is 15.1. The van der Waals surface area contributed by atoms with Crippen LogP contribution in [-0.2, 0) is 6.42 Å². The third kappa shape index (κ3) is 2.47. The summed E-state index contributed by atoms with van der Waals surface area (Å²) >= 11 is 0. The van der Waals surface area contributed by atoms with Crippen molar-refractivity contribution in [2.45, 2.75) is 39.2 Å². The molecule has 0 bridgehead atoms. The Balaban J connectivity index is 2.22. The zero-order valence-electron chi connectivity index (χ0n) is 11.5. The fourth-order valence-corrected chi connectivity index (χ4v) is 2.70. The van der Waals surface area contributed by atoms with Crippen LogP contribution in [0.15, 0.2) is 18.2 Å². The van der Waals surface area contributed by atoms with Gasteiger partial charge in [-0.05, 0) is 44.5 Å². The topological polar surface area (TPSA) is 15.3 Å². The summed E-state index contributed by atoms with van der Waals surface area (Å²) in [4.78, 5) is 2.48. The Morgan fingerprint density at radius 3 is 2.88 bits per heavy atom. The highest BCUT2D eigenvalue weighted by molar-refractivity contribution is 5.61. The van der Waals surface area contributed by atoms with E-state index in [2.05, 4.69) is 49.2 Å². The molecule has 2 atom stereocenters. The van der Waals surface area contributed by atoms with Crippen LogP contribution in [0.2, 0.25) is 0 Å². The summed E-state index contributed by atoms with van der Waals surface area (Å²) < 4.78 is 0. The third-order valence-electron chi connectivity index (χ3n) is 3.87. The minimum Gasteiger partial charge on any atom is -0.371 e. The van der Waals surface area contributed by atoms with Gasteiger partial charge in [-0.2, -0.15) is 0 Å². The Hall–Kier alpha value is -1.02. The lowest BCUT2D eigenvalue weighted by atomic mass is 9.98. The van der Waals surface area contributed by atoms with Crippen molar-refractivity contribution in [3.63, 3.8) is 0 Å². The fourth-order valence-electron chi connectivity index (χ4n) is 2.70. The number of hydrogen-bond donors (Lipinski definition) is 1. The molecule has 0 saturated carbocycles. The first-order chi connectivity index (χ1) is 8.15. The summed E-state index contributed by atoms with van der Waals surface area (Å²) in [5.74, 6) is 0.676. The number of nitrogens with one attached hydrogen (secondary N) is 1. The summed E-state index contributed by atoms with van der Waals surface area (Å²) in [5, 5.41) is 3.30. The molecule has 2 nitrogen and oxygen atoms in total. The van der Waals surface area contributed by atoms with E-state index in [1.54, 1.807) is 0 Å². The summed E-state index contributed by atoms with van der Waals surface area (Å²) in [6.45, 7) is 9.09. The van der Waals surface area contributed by atoms with Crippen molar-refractivity contribution >= 4 is 5.69 Å². The molecule has 0 amide bonds. The van der Waals surface area contributed by atoms with Crippen LogP contribution in [0.5, 0.6) is 0 Å². The quantitative estimate of drug-likeness (QED) is 0.858. The Kier molecular flexibility index (Phi) is 3.72. The van der Waals surface area contributed by atoms with Gasteiger partial charge >= 0.3 is 0 Å². The molecule has 0 aliphatic carbocycles. The Bertz CT molecular complexity index is 387. The number of rotatable bonds is 4. The maximum absolute atomic E-state index is 3.30. The minimum absolute atomic E-state index is 0.548. The van der Waals surface area contributed by atoms with Gasteiger partial charge in [0.15, 0.2) is 0 Å². The molecule has 0 spiro atoms. The van der Waals surface area contributed by atoms with E-state index in [-0.39, 0.29) is 0 Å². The first kappa shape index (κ1) is 12.4. The summed E-state index contributed by atoms with van der Waals surface area (Å²) in [6, 6.07) is 7.55. The average Bonchev–Trinajstić information content (AvgIpc) is 2.66. The van der Waals surface area contributed by atoms with Crippen molar-refractivity contribution < 1.29 is 0 Å². The number of anilines is 1. The first-order valence-corrected chi connectivity index (χ1v) is 6.70. The van der Waals surface area contributed by atoms with Crippen LogP contribution in [0.4, 0.5) is 5.69 Å². The maximum Gasteiger partial charge on any atom is 0.0402 e. The van der Waals surface area contributed by atoms with Gasteiger partial charge in [-0.1, -0.05) is 19.1 Å². The zero-order valence-corrected chi connectivity index (χ0v) is 11.5. The van der Waals surface area contributed by atoms with Crippen molar-refractivity contribution in [3.05, 3.63) is 29.3 Å². The van der Waals surface area contributed by atoms with Gasteiger partial charge < -0.3 is 10.2 Å². The van der Waals surface area contributed by atoms with E-state index in [9.17, 15) is 0 Å². The fraction of sp³-hybridized carbons (Fsp3) is 0.600. The molecular weight excluding hydrogens is 208 g/mol. The van der Waals surface area contributed by atoms with E-state index in [4.69, 9.17) is 0 Å². The summed E-state index contributed by atoms with van der Waals surface area (Å²) in [6.07, 6.45) is 1.11. The lowest BCUT2D eigenvalue weighted by Gasteiger charge is -2.17. The van der Waals surface area contributed by atoms with Gasteiger partial charge in [0.25, 0.3) is 0 Å². The number of fused-ring (bicyclic) bond motifs is 1. The van der Waals surface area contributed by atoms with Crippen LogP contribution in [0.25, 0.3) is 0 Å². The smallest absolute Gasteiger partial charge is 0.0402 e. The molecular formula is C15H24N2. The molecule has 1 aliphatic rings. The minimum atomic E-state index is 0.548. The van der Waals surface area contributed by atoms with Crippen LogP contribution >= 0.6 is 0 Å². The molecule has 1 N–H and O–H groups in total. The summed E-state index contributed by atoms with van der Waals surface area (Å²) in [7, 11) is 2.03. The molecule has 0 fully saturated rings. The van der Waals surface area contributed by atoms with Crippen LogP contribution in [-0.4, -0.2) is 26.2 Å². The maximum atomic E-state index is 3.30. The Labute approximate surface area is 105 Å². The molecule has 1 aromatic carbocycles. The molecule has 0 saturated heterocycles. The van der Waals surface area contributed by atoms with Crippen molar-refractivity contribution in [1.29, 1.82) is 0 Å².